The molecule has 0 amide bonds. The summed E-state index contributed by atoms with van der Waals surface area (Å²) < 4.78 is 17.4. The third-order valence-corrected chi connectivity index (χ3v) is 1.16. The summed E-state index contributed by atoms with van der Waals surface area (Å²) in [6, 6.07) is 0. The van der Waals surface area contributed by atoms with Crippen LogP contribution in [0.4, 0.5) is 4.39 Å². The van der Waals surface area contributed by atoms with Crippen LogP contribution >= 0.6 is 0 Å². The number of carbonyl (C=O) groups excluding carboxylic acids is 1. The lowest BCUT2D eigenvalue weighted by Gasteiger charge is -2.07. The van der Waals surface area contributed by atoms with Crippen molar-refractivity contribution in [2.24, 2.45) is 5.92 Å². The van der Waals surface area contributed by atoms with Crippen molar-refractivity contribution in [1.82, 2.24) is 0 Å². The molecule has 0 saturated carbocycles. The molecule has 66 valence electrons. The standard InChI is InChI=1S/C8H15FO2/c1-6(2)4-11-5-8(9)7(3)10/h6,8H,4-5H2,1-3H3. The number of carbonyl (C=O) groups is 1. The minimum atomic E-state index is -1.45. The lowest BCUT2D eigenvalue weighted by atomic mass is 10.2. The van der Waals surface area contributed by atoms with Crippen LogP contribution < -0.4 is 0 Å². The first-order chi connectivity index (χ1) is 5.04. The molecule has 0 radical (unpaired) electrons. The van der Waals surface area contributed by atoms with Gasteiger partial charge in [-0.2, -0.15) is 0 Å². The Balaban J connectivity index is 3.31. The molecule has 0 heterocycles. The molecule has 0 aliphatic carbocycles. The molecule has 0 N–H and O–H groups in total. The second kappa shape index (κ2) is 5.24. The first-order valence-corrected chi connectivity index (χ1v) is 3.76. The number of Topliss-reactive ketones (excluding diaryl/α,β-unsaturated/α-hetero) is 1. The third-order valence-electron chi connectivity index (χ3n) is 1.16. The molecule has 0 aliphatic rings. The molecule has 0 aromatic heterocycles. The summed E-state index contributed by atoms with van der Waals surface area (Å²) in [5.74, 6) is -0.0806. The van der Waals surface area contributed by atoms with Crippen LogP contribution in [0.25, 0.3) is 0 Å². The Morgan fingerprint density at radius 2 is 2.00 bits per heavy atom. The van der Waals surface area contributed by atoms with Gasteiger partial charge in [-0.15, -0.1) is 0 Å². The van der Waals surface area contributed by atoms with E-state index in [2.05, 4.69) is 0 Å². The summed E-state index contributed by atoms with van der Waals surface area (Å²) in [5, 5.41) is 0. The topological polar surface area (TPSA) is 26.3 Å². The molecule has 11 heavy (non-hydrogen) atoms. The Morgan fingerprint density at radius 1 is 1.45 bits per heavy atom. The van der Waals surface area contributed by atoms with Gasteiger partial charge in [-0.05, 0) is 12.8 Å². The van der Waals surface area contributed by atoms with Crippen molar-refractivity contribution in [3.8, 4) is 0 Å². The molecular formula is C8H15FO2. The first-order valence-electron chi connectivity index (χ1n) is 3.76. The maximum absolute atomic E-state index is 12.5. The molecule has 0 fully saturated rings. The monoisotopic (exact) mass is 162 g/mol. The molecule has 3 heteroatoms. The van der Waals surface area contributed by atoms with Gasteiger partial charge in [0.1, 0.15) is 0 Å². The van der Waals surface area contributed by atoms with E-state index in [-0.39, 0.29) is 6.61 Å². The van der Waals surface area contributed by atoms with Crippen molar-refractivity contribution < 1.29 is 13.9 Å². The highest BCUT2D eigenvalue weighted by Gasteiger charge is 2.11. The van der Waals surface area contributed by atoms with E-state index >= 15 is 0 Å². The molecule has 0 aromatic carbocycles. The molecule has 1 atom stereocenters. The fraction of sp³-hybridized carbons (Fsp3) is 0.875. The minimum absolute atomic E-state index is 0.104. The Kier molecular flexibility index (Phi) is 5.03. The molecule has 0 bridgehead atoms. The number of rotatable bonds is 5. The smallest absolute Gasteiger partial charge is 0.181 e. The van der Waals surface area contributed by atoms with Crippen LogP contribution in [0, 0.1) is 5.92 Å². The average molecular weight is 162 g/mol. The van der Waals surface area contributed by atoms with Crippen LogP contribution in [0.2, 0.25) is 0 Å². The first kappa shape index (κ1) is 10.6. The van der Waals surface area contributed by atoms with Crippen LogP contribution in [-0.2, 0) is 9.53 Å². The Hall–Kier alpha value is -0.440. The number of ether oxygens (including phenoxy) is 1. The summed E-state index contributed by atoms with van der Waals surface area (Å²) in [4.78, 5) is 10.4. The van der Waals surface area contributed by atoms with E-state index in [4.69, 9.17) is 4.74 Å². The van der Waals surface area contributed by atoms with E-state index in [1.165, 1.54) is 6.92 Å². The number of hydrogen-bond donors (Lipinski definition) is 0. The highest BCUT2D eigenvalue weighted by atomic mass is 19.1. The van der Waals surface area contributed by atoms with Gasteiger partial charge in [0.15, 0.2) is 12.0 Å². The van der Waals surface area contributed by atoms with Crippen molar-refractivity contribution in [1.29, 1.82) is 0 Å². The van der Waals surface area contributed by atoms with Gasteiger partial charge in [0, 0.05) is 6.61 Å². The van der Waals surface area contributed by atoms with E-state index in [0.29, 0.717) is 12.5 Å². The van der Waals surface area contributed by atoms with Crippen molar-refractivity contribution in [2.45, 2.75) is 26.9 Å². The van der Waals surface area contributed by atoms with E-state index in [0.717, 1.165) is 0 Å². The van der Waals surface area contributed by atoms with Crippen molar-refractivity contribution in [2.75, 3.05) is 13.2 Å². The Bertz CT molecular complexity index is 123. The zero-order valence-electron chi connectivity index (χ0n) is 7.26. The van der Waals surface area contributed by atoms with Crippen LogP contribution in [0.5, 0.6) is 0 Å². The van der Waals surface area contributed by atoms with Crippen LogP contribution in [0.15, 0.2) is 0 Å². The van der Waals surface area contributed by atoms with Crippen LogP contribution in [0.3, 0.4) is 0 Å². The van der Waals surface area contributed by atoms with Gasteiger partial charge in [0.05, 0.1) is 6.61 Å². The maximum Gasteiger partial charge on any atom is 0.181 e. The molecule has 0 saturated heterocycles. The van der Waals surface area contributed by atoms with E-state index < -0.39 is 12.0 Å². The molecule has 0 spiro atoms. The normalized spacial score (nSPS) is 13.5. The van der Waals surface area contributed by atoms with Gasteiger partial charge in [0.25, 0.3) is 0 Å². The molecule has 0 aliphatic heterocycles. The molecule has 0 aromatic rings. The number of hydrogen-bond acceptors (Lipinski definition) is 2. The van der Waals surface area contributed by atoms with Gasteiger partial charge < -0.3 is 4.74 Å². The summed E-state index contributed by atoms with van der Waals surface area (Å²) in [7, 11) is 0. The Labute approximate surface area is 66.7 Å². The summed E-state index contributed by atoms with van der Waals surface area (Å²) in [6.07, 6.45) is -1.45. The number of ketones is 1. The largest absolute Gasteiger partial charge is 0.378 e. The van der Waals surface area contributed by atoms with Gasteiger partial charge in [-0.1, -0.05) is 13.8 Å². The molecular weight excluding hydrogens is 147 g/mol. The van der Waals surface area contributed by atoms with Gasteiger partial charge in [-0.25, -0.2) is 4.39 Å². The van der Waals surface area contributed by atoms with Gasteiger partial charge in [-0.3, -0.25) is 4.79 Å². The maximum atomic E-state index is 12.5. The highest BCUT2D eigenvalue weighted by molar-refractivity contribution is 5.80. The number of halogens is 1. The summed E-state index contributed by atoms with van der Waals surface area (Å²) in [6.45, 7) is 5.58. The second-order valence-electron chi connectivity index (χ2n) is 3.01. The summed E-state index contributed by atoms with van der Waals surface area (Å²) >= 11 is 0. The third kappa shape index (κ3) is 5.98. The van der Waals surface area contributed by atoms with Crippen molar-refractivity contribution >= 4 is 5.78 Å². The Morgan fingerprint density at radius 3 is 2.36 bits per heavy atom. The lowest BCUT2D eigenvalue weighted by Crippen LogP contribution is -2.20. The quantitative estimate of drug-likeness (QED) is 0.613. The SMILES string of the molecule is CC(=O)C(F)COCC(C)C. The van der Waals surface area contributed by atoms with Crippen molar-refractivity contribution in [3.63, 3.8) is 0 Å². The van der Waals surface area contributed by atoms with E-state index in [1.54, 1.807) is 0 Å². The predicted octanol–water partition coefficient (Wildman–Crippen LogP) is 1.59. The molecule has 0 rings (SSSR count). The van der Waals surface area contributed by atoms with E-state index in [1.807, 2.05) is 13.8 Å². The van der Waals surface area contributed by atoms with Crippen LogP contribution in [-0.4, -0.2) is 25.2 Å². The molecule has 2 nitrogen and oxygen atoms in total. The van der Waals surface area contributed by atoms with Crippen LogP contribution in [0.1, 0.15) is 20.8 Å². The average Bonchev–Trinajstić information content (AvgIpc) is 1.86. The zero-order valence-corrected chi connectivity index (χ0v) is 7.26. The lowest BCUT2D eigenvalue weighted by molar-refractivity contribution is -0.123. The zero-order chi connectivity index (χ0) is 8.85. The van der Waals surface area contributed by atoms with E-state index in [9.17, 15) is 9.18 Å². The second-order valence-corrected chi connectivity index (χ2v) is 3.01. The number of alkyl halides is 1. The highest BCUT2D eigenvalue weighted by Crippen LogP contribution is 1.97. The minimum Gasteiger partial charge on any atom is -0.378 e. The molecule has 1 unspecified atom stereocenters. The fourth-order valence-electron chi connectivity index (χ4n) is 0.525. The van der Waals surface area contributed by atoms with Gasteiger partial charge >= 0.3 is 0 Å². The predicted molar refractivity (Wildman–Crippen MR) is 41.2 cm³/mol. The fourth-order valence-corrected chi connectivity index (χ4v) is 0.525. The summed E-state index contributed by atoms with van der Waals surface area (Å²) in [5.41, 5.74) is 0. The van der Waals surface area contributed by atoms with Crippen molar-refractivity contribution in [3.05, 3.63) is 0 Å². The van der Waals surface area contributed by atoms with Gasteiger partial charge in [0.2, 0.25) is 0 Å².